The number of hydrogen-bond acceptors (Lipinski definition) is 7. The summed E-state index contributed by atoms with van der Waals surface area (Å²) in [6.07, 6.45) is 0. The second-order valence-corrected chi connectivity index (χ2v) is 6.59. The summed E-state index contributed by atoms with van der Waals surface area (Å²) < 4.78 is 5.15. The van der Waals surface area contributed by atoms with Crippen molar-refractivity contribution in [3.63, 3.8) is 0 Å². The molecular weight excluding hydrogens is 382 g/mol. The molecule has 0 saturated carbocycles. The van der Waals surface area contributed by atoms with Gasteiger partial charge in [0.1, 0.15) is 11.4 Å². The highest BCUT2D eigenvalue weighted by Gasteiger charge is 2.22. The zero-order chi connectivity index (χ0) is 21.1. The summed E-state index contributed by atoms with van der Waals surface area (Å²) in [6, 6.07) is 20.8. The largest absolute Gasteiger partial charge is 0.497 e. The molecule has 0 spiro atoms. The number of aromatic nitrogens is 2. The summed E-state index contributed by atoms with van der Waals surface area (Å²) in [5, 5.41) is 19.9. The molecule has 150 valence electrons. The van der Waals surface area contributed by atoms with Crippen molar-refractivity contribution in [2.45, 2.75) is 6.92 Å². The lowest BCUT2D eigenvalue weighted by Gasteiger charge is -2.12. The summed E-state index contributed by atoms with van der Waals surface area (Å²) in [4.78, 5) is 19.8. The van der Waals surface area contributed by atoms with Crippen LogP contribution in [0.1, 0.15) is 5.69 Å². The number of nitrogens with zero attached hydrogens (tertiary/aromatic N) is 3. The number of fused-ring (bicyclic) bond motifs is 1. The van der Waals surface area contributed by atoms with E-state index in [2.05, 4.69) is 20.6 Å². The van der Waals surface area contributed by atoms with Gasteiger partial charge >= 0.3 is 5.69 Å². The van der Waals surface area contributed by atoms with Crippen LogP contribution in [0.4, 0.5) is 28.8 Å². The molecule has 2 N–H and O–H groups in total. The van der Waals surface area contributed by atoms with E-state index in [0.29, 0.717) is 11.4 Å². The summed E-state index contributed by atoms with van der Waals surface area (Å²) >= 11 is 0. The number of methoxy groups -OCH3 is 1. The Kier molecular flexibility index (Phi) is 5.13. The lowest BCUT2D eigenvalue weighted by Crippen LogP contribution is -2.07. The van der Waals surface area contributed by atoms with Crippen LogP contribution in [-0.2, 0) is 0 Å². The Labute approximate surface area is 172 Å². The fourth-order valence-electron chi connectivity index (χ4n) is 3.19. The summed E-state index contributed by atoms with van der Waals surface area (Å²) in [6.45, 7) is 1.59. The van der Waals surface area contributed by atoms with E-state index in [1.54, 1.807) is 38.3 Å². The second-order valence-electron chi connectivity index (χ2n) is 6.59. The highest BCUT2D eigenvalue weighted by molar-refractivity contribution is 5.95. The van der Waals surface area contributed by atoms with Crippen molar-refractivity contribution in [2.24, 2.45) is 0 Å². The van der Waals surface area contributed by atoms with Crippen molar-refractivity contribution in [1.29, 1.82) is 0 Å². The van der Waals surface area contributed by atoms with Crippen molar-refractivity contribution in [3.8, 4) is 5.75 Å². The maximum absolute atomic E-state index is 11.6. The molecule has 0 aliphatic carbocycles. The lowest BCUT2D eigenvalue weighted by molar-refractivity contribution is -0.385. The quantitative estimate of drug-likeness (QED) is 0.332. The molecule has 0 saturated heterocycles. The maximum atomic E-state index is 11.6. The van der Waals surface area contributed by atoms with Gasteiger partial charge in [-0.2, -0.15) is 4.98 Å². The Morgan fingerprint density at radius 1 is 0.933 bits per heavy atom. The van der Waals surface area contributed by atoms with Crippen LogP contribution in [0.5, 0.6) is 5.75 Å². The third-order valence-electron chi connectivity index (χ3n) is 4.63. The second kappa shape index (κ2) is 8.04. The standard InChI is InChI=1S/C22H19N5O3/c1-14-20(27(28)29)21(24-16-10-12-17(30-2)13-11-16)26-22(23-14)25-19-9-5-7-15-6-3-4-8-18(15)19/h3-13H,1-2H3,(H2,23,24,25,26). The van der Waals surface area contributed by atoms with E-state index in [1.807, 2.05) is 42.5 Å². The molecule has 3 aromatic carbocycles. The van der Waals surface area contributed by atoms with Gasteiger partial charge in [0.05, 0.1) is 12.0 Å². The number of aryl methyl sites for hydroxylation is 1. The average Bonchev–Trinajstić information content (AvgIpc) is 2.74. The normalized spacial score (nSPS) is 10.6. The zero-order valence-electron chi connectivity index (χ0n) is 16.4. The molecule has 1 aromatic heterocycles. The average molecular weight is 401 g/mol. The first kappa shape index (κ1) is 19.1. The highest BCUT2D eigenvalue weighted by atomic mass is 16.6. The number of hydrogen-bond donors (Lipinski definition) is 2. The fraction of sp³-hybridized carbons (Fsp3) is 0.0909. The zero-order valence-corrected chi connectivity index (χ0v) is 16.4. The first-order valence-electron chi connectivity index (χ1n) is 9.24. The van der Waals surface area contributed by atoms with Gasteiger partial charge in [0.25, 0.3) is 0 Å². The molecule has 0 bridgehead atoms. The van der Waals surface area contributed by atoms with Crippen LogP contribution in [0.3, 0.4) is 0 Å². The van der Waals surface area contributed by atoms with Crippen molar-refractivity contribution in [1.82, 2.24) is 9.97 Å². The summed E-state index contributed by atoms with van der Waals surface area (Å²) in [5.74, 6) is 1.07. The number of benzene rings is 3. The van der Waals surface area contributed by atoms with Gasteiger partial charge in [-0.05, 0) is 42.6 Å². The minimum atomic E-state index is -0.483. The van der Waals surface area contributed by atoms with E-state index < -0.39 is 4.92 Å². The molecule has 8 nitrogen and oxygen atoms in total. The topological polar surface area (TPSA) is 102 Å². The van der Waals surface area contributed by atoms with Crippen molar-refractivity contribution < 1.29 is 9.66 Å². The van der Waals surface area contributed by atoms with Gasteiger partial charge in [0, 0.05) is 16.8 Å². The van der Waals surface area contributed by atoms with Gasteiger partial charge in [-0.25, -0.2) is 4.98 Å². The molecule has 0 radical (unpaired) electrons. The molecule has 8 heteroatoms. The number of rotatable bonds is 6. The molecule has 0 fully saturated rings. The van der Waals surface area contributed by atoms with E-state index in [4.69, 9.17) is 4.74 Å². The van der Waals surface area contributed by atoms with E-state index in [9.17, 15) is 10.1 Å². The van der Waals surface area contributed by atoms with Crippen LogP contribution in [0, 0.1) is 17.0 Å². The third-order valence-corrected chi connectivity index (χ3v) is 4.63. The van der Waals surface area contributed by atoms with Crippen molar-refractivity contribution in [3.05, 3.63) is 82.5 Å². The summed E-state index contributed by atoms with van der Waals surface area (Å²) in [5.41, 5.74) is 1.55. The fourth-order valence-corrected chi connectivity index (χ4v) is 3.19. The molecule has 0 aliphatic heterocycles. The van der Waals surface area contributed by atoms with Gasteiger partial charge in [-0.3, -0.25) is 10.1 Å². The smallest absolute Gasteiger partial charge is 0.332 e. The van der Waals surface area contributed by atoms with Crippen LogP contribution in [0.2, 0.25) is 0 Å². The molecule has 30 heavy (non-hydrogen) atoms. The van der Waals surface area contributed by atoms with Crippen LogP contribution in [0.25, 0.3) is 10.8 Å². The van der Waals surface area contributed by atoms with Crippen molar-refractivity contribution in [2.75, 3.05) is 17.7 Å². The number of anilines is 4. The molecule has 1 heterocycles. The molecule has 0 atom stereocenters. The molecule has 4 rings (SSSR count). The molecular formula is C22H19N5O3. The first-order valence-corrected chi connectivity index (χ1v) is 9.24. The Balaban J connectivity index is 1.73. The predicted molar refractivity (Wildman–Crippen MR) is 117 cm³/mol. The Morgan fingerprint density at radius 3 is 2.40 bits per heavy atom. The highest BCUT2D eigenvalue weighted by Crippen LogP contribution is 2.32. The Morgan fingerprint density at radius 2 is 1.67 bits per heavy atom. The minimum Gasteiger partial charge on any atom is -0.497 e. The Bertz CT molecular complexity index is 1220. The number of nitrogens with one attached hydrogen (secondary N) is 2. The van der Waals surface area contributed by atoms with Gasteiger partial charge in [-0.15, -0.1) is 0 Å². The SMILES string of the molecule is COc1ccc(Nc2nc(Nc3cccc4ccccc34)nc(C)c2[N+](=O)[O-])cc1. The van der Waals surface area contributed by atoms with Crippen molar-refractivity contribution >= 4 is 39.6 Å². The predicted octanol–water partition coefficient (Wildman–Crippen LogP) is 5.34. The first-order chi connectivity index (χ1) is 14.5. The summed E-state index contributed by atoms with van der Waals surface area (Å²) in [7, 11) is 1.58. The van der Waals surface area contributed by atoms with E-state index in [0.717, 1.165) is 16.5 Å². The van der Waals surface area contributed by atoms with E-state index >= 15 is 0 Å². The molecule has 0 unspecified atom stereocenters. The maximum Gasteiger partial charge on any atom is 0.332 e. The number of nitro groups is 1. The van der Waals surface area contributed by atoms with Gasteiger partial charge in [-0.1, -0.05) is 36.4 Å². The van der Waals surface area contributed by atoms with E-state index in [1.165, 1.54) is 0 Å². The lowest BCUT2D eigenvalue weighted by atomic mass is 10.1. The molecule has 0 aliphatic rings. The Hall–Kier alpha value is -4.20. The monoisotopic (exact) mass is 401 g/mol. The minimum absolute atomic E-state index is 0.111. The number of ether oxygens (including phenoxy) is 1. The van der Waals surface area contributed by atoms with Crippen LogP contribution >= 0.6 is 0 Å². The third kappa shape index (κ3) is 3.83. The van der Waals surface area contributed by atoms with Gasteiger partial charge in [0.15, 0.2) is 0 Å². The van der Waals surface area contributed by atoms with Gasteiger partial charge in [0.2, 0.25) is 11.8 Å². The van der Waals surface area contributed by atoms with Crippen LogP contribution < -0.4 is 15.4 Å². The van der Waals surface area contributed by atoms with Crippen LogP contribution in [0.15, 0.2) is 66.7 Å². The van der Waals surface area contributed by atoms with E-state index in [-0.39, 0.29) is 23.1 Å². The molecule has 4 aromatic rings. The van der Waals surface area contributed by atoms with Crippen LogP contribution in [-0.4, -0.2) is 22.0 Å². The van der Waals surface area contributed by atoms with Gasteiger partial charge < -0.3 is 15.4 Å². The molecule has 0 amide bonds.